The van der Waals surface area contributed by atoms with E-state index in [1.54, 1.807) is 12.3 Å². The zero-order valence-corrected chi connectivity index (χ0v) is 12.5. The molecule has 8 heteroatoms. The number of nitro groups is 1. The van der Waals surface area contributed by atoms with Crippen molar-refractivity contribution in [1.82, 2.24) is 4.98 Å². The third-order valence-corrected chi connectivity index (χ3v) is 3.08. The number of aromatic nitrogens is 1. The Morgan fingerprint density at radius 3 is 2.87 bits per heavy atom. The van der Waals surface area contributed by atoms with Crippen LogP contribution in [0.15, 0.2) is 36.5 Å². The number of carbonyl (C=O) groups excluding carboxylic acids is 1. The van der Waals surface area contributed by atoms with Crippen LogP contribution < -0.4 is 15.8 Å². The molecule has 0 unspecified atom stereocenters. The summed E-state index contributed by atoms with van der Waals surface area (Å²) in [6.07, 6.45) is 1.61. The molecule has 3 N–H and O–H groups in total. The molecule has 0 spiro atoms. The van der Waals surface area contributed by atoms with Crippen molar-refractivity contribution in [2.75, 3.05) is 11.9 Å². The molecule has 2 aromatic rings. The van der Waals surface area contributed by atoms with Gasteiger partial charge in [-0.05, 0) is 25.1 Å². The number of pyridine rings is 1. The second kappa shape index (κ2) is 7.21. The number of hydrogen-bond donors (Lipinski definition) is 2. The summed E-state index contributed by atoms with van der Waals surface area (Å²) in [6.45, 7) is 2.61. The van der Waals surface area contributed by atoms with Gasteiger partial charge in [0.05, 0.1) is 11.5 Å². The van der Waals surface area contributed by atoms with Crippen molar-refractivity contribution < 1.29 is 14.5 Å². The van der Waals surface area contributed by atoms with Crippen molar-refractivity contribution in [3.8, 4) is 5.88 Å². The monoisotopic (exact) mass is 316 g/mol. The second-order valence-corrected chi connectivity index (χ2v) is 4.61. The largest absolute Gasteiger partial charge is 0.478 e. The molecular formula is C15H16N4O4. The van der Waals surface area contributed by atoms with Crippen LogP contribution >= 0.6 is 0 Å². The van der Waals surface area contributed by atoms with Crippen LogP contribution in [0.2, 0.25) is 0 Å². The summed E-state index contributed by atoms with van der Waals surface area (Å²) in [6, 6.07) is 7.61. The Morgan fingerprint density at radius 2 is 2.22 bits per heavy atom. The average Bonchev–Trinajstić information content (AvgIpc) is 2.54. The van der Waals surface area contributed by atoms with Crippen molar-refractivity contribution in [2.45, 2.75) is 13.5 Å². The van der Waals surface area contributed by atoms with E-state index >= 15 is 0 Å². The molecule has 0 fully saturated rings. The van der Waals surface area contributed by atoms with Gasteiger partial charge < -0.3 is 15.8 Å². The Balaban J connectivity index is 2.24. The number of benzene rings is 1. The quantitative estimate of drug-likeness (QED) is 0.596. The summed E-state index contributed by atoms with van der Waals surface area (Å²) in [5.41, 5.74) is 6.06. The minimum absolute atomic E-state index is 0.0821. The van der Waals surface area contributed by atoms with Gasteiger partial charge in [-0.3, -0.25) is 14.9 Å². The molecule has 1 amide bonds. The number of nitrogens with zero attached hydrogens (tertiary/aromatic N) is 2. The van der Waals surface area contributed by atoms with Crippen LogP contribution in [-0.2, 0) is 6.54 Å². The molecule has 1 heterocycles. The van der Waals surface area contributed by atoms with Gasteiger partial charge in [0.2, 0.25) is 11.8 Å². The smallest absolute Gasteiger partial charge is 0.293 e. The third-order valence-electron chi connectivity index (χ3n) is 3.08. The third kappa shape index (κ3) is 3.94. The van der Waals surface area contributed by atoms with E-state index in [4.69, 9.17) is 10.5 Å². The molecule has 23 heavy (non-hydrogen) atoms. The van der Waals surface area contributed by atoms with Gasteiger partial charge in [0.15, 0.2) is 0 Å². The molecule has 0 saturated carbocycles. The number of nitro benzene ring substituents is 1. The maximum Gasteiger partial charge on any atom is 0.293 e. The lowest BCUT2D eigenvalue weighted by Crippen LogP contribution is -2.12. The van der Waals surface area contributed by atoms with Crippen LogP contribution in [0.1, 0.15) is 22.8 Å². The number of ether oxygens (including phenoxy) is 1. The number of nitrogens with two attached hydrogens (primary N) is 1. The topological polar surface area (TPSA) is 120 Å². The molecule has 1 aromatic heterocycles. The van der Waals surface area contributed by atoms with Gasteiger partial charge in [0, 0.05) is 29.9 Å². The van der Waals surface area contributed by atoms with Crippen LogP contribution in [-0.4, -0.2) is 22.4 Å². The highest BCUT2D eigenvalue weighted by Gasteiger charge is 2.17. The number of carbonyl (C=O) groups is 1. The number of amides is 1. The first-order valence-electron chi connectivity index (χ1n) is 6.91. The molecule has 8 nitrogen and oxygen atoms in total. The highest BCUT2D eigenvalue weighted by atomic mass is 16.6. The molecule has 120 valence electrons. The Labute approximate surface area is 132 Å². The predicted molar refractivity (Wildman–Crippen MR) is 84.3 cm³/mol. The van der Waals surface area contributed by atoms with E-state index in [0.29, 0.717) is 19.0 Å². The van der Waals surface area contributed by atoms with E-state index in [-0.39, 0.29) is 16.9 Å². The van der Waals surface area contributed by atoms with Crippen molar-refractivity contribution in [2.24, 2.45) is 5.73 Å². The number of primary amides is 1. The Hall–Kier alpha value is -3.16. The fraction of sp³-hybridized carbons (Fsp3) is 0.200. The van der Waals surface area contributed by atoms with Crippen molar-refractivity contribution in [3.63, 3.8) is 0 Å². The van der Waals surface area contributed by atoms with Crippen LogP contribution in [0.3, 0.4) is 0 Å². The van der Waals surface area contributed by atoms with Gasteiger partial charge in [-0.1, -0.05) is 6.07 Å². The highest BCUT2D eigenvalue weighted by molar-refractivity contribution is 5.94. The summed E-state index contributed by atoms with van der Waals surface area (Å²) in [5, 5.41) is 14.1. The minimum atomic E-state index is -0.717. The minimum Gasteiger partial charge on any atom is -0.478 e. The summed E-state index contributed by atoms with van der Waals surface area (Å²) in [4.78, 5) is 25.8. The van der Waals surface area contributed by atoms with E-state index < -0.39 is 10.8 Å². The van der Waals surface area contributed by atoms with Gasteiger partial charge in [-0.25, -0.2) is 4.98 Å². The second-order valence-electron chi connectivity index (χ2n) is 4.61. The normalized spacial score (nSPS) is 10.1. The van der Waals surface area contributed by atoms with Gasteiger partial charge in [-0.2, -0.15) is 0 Å². The average molecular weight is 316 g/mol. The maximum atomic E-state index is 11.2. The lowest BCUT2D eigenvalue weighted by molar-refractivity contribution is -0.384. The molecule has 0 bridgehead atoms. The van der Waals surface area contributed by atoms with Crippen LogP contribution in [0, 0.1) is 10.1 Å². The summed E-state index contributed by atoms with van der Waals surface area (Å²) >= 11 is 0. The van der Waals surface area contributed by atoms with Gasteiger partial charge in [0.1, 0.15) is 5.69 Å². The molecule has 0 aliphatic rings. The maximum absolute atomic E-state index is 11.2. The van der Waals surface area contributed by atoms with Crippen LogP contribution in [0.4, 0.5) is 11.4 Å². The fourth-order valence-electron chi connectivity index (χ4n) is 2.00. The molecule has 0 aliphatic heterocycles. The Morgan fingerprint density at radius 1 is 1.43 bits per heavy atom. The van der Waals surface area contributed by atoms with E-state index in [0.717, 1.165) is 11.6 Å². The SMILES string of the molecule is CCOc1ncccc1CNc1ccc(C(N)=O)cc1[N+](=O)[O-]. The zero-order chi connectivity index (χ0) is 16.8. The number of anilines is 1. The number of hydrogen-bond acceptors (Lipinski definition) is 6. The summed E-state index contributed by atoms with van der Waals surface area (Å²) in [7, 11) is 0. The molecule has 0 radical (unpaired) electrons. The lowest BCUT2D eigenvalue weighted by Gasteiger charge is -2.11. The number of nitrogens with one attached hydrogen (secondary N) is 1. The van der Waals surface area contributed by atoms with E-state index in [1.165, 1.54) is 12.1 Å². The van der Waals surface area contributed by atoms with E-state index in [1.807, 2.05) is 13.0 Å². The molecule has 0 saturated heterocycles. The number of rotatable bonds is 7. The van der Waals surface area contributed by atoms with Crippen molar-refractivity contribution >= 4 is 17.3 Å². The van der Waals surface area contributed by atoms with Crippen molar-refractivity contribution in [1.29, 1.82) is 0 Å². The van der Waals surface area contributed by atoms with Crippen LogP contribution in [0.5, 0.6) is 5.88 Å². The van der Waals surface area contributed by atoms with Crippen LogP contribution in [0.25, 0.3) is 0 Å². The predicted octanol–water partition coefficient (Wildman–Crippen LogP) is 2.10. The van der Waals surface area contributed by atoms with Crippen molar-refractivity contribution in [3.05, 3.63) is 57.8 Å². The molecule has 0 atom stereocenters. The van der Waals surface area contributed by atoms with E-state index in [2.05, 4.69) is 10.3 Å². The Bertz CT molecular complexity index is 733. The standard InChI is InChI=1S/C15H16N4O4/c1-2-23-15-11(4-3-7-17-15)9-18-12-6-5-10(14(16)20)8-13(12)19(21)22/h3-8,18H,2,9H2,1H3,(H2,16,20). The molecule has 1 aromatic carbocycles. The van der Waals surface area contributed by atoms with Gasteiger partial charge in [0.25, 0.3) is 5.69 Å². The van der Waals surface area contributed by atoms with E-state index in [9.17, 15) is 14.9 Å². The first-order chi connectivity index (χ1) is 11.0. The molecular weight excluding hydrogens is 300 g/mol. The summed E-state index contributed by atoms with van der Waals surface area (Å²) < 4.78 is 5.41. The fourth-order valence-corrected chi connectivity index (χ4v) is 2.00. The molecule has 0 aliphatic carbocycles. The Kier molecular flexibility index (Phi) is 5.08. The lowest BCUT2D eigenvalue weighted by atomic mass is 10.1. The zero-order valence-electron chi connectivity index (χ0n) is 12.5. The highest BCUT2D eigenvalue weighted by Crippen LogP contribution is 2.27. The van der Waals surface area contributed by atoms with Gasteiger partial charge >= 0.3 is 0 Å². The summed E-state index contributed by atoms with van der Waals surface area (Å²) in [5.74, 6) is -0.246. The molecule has 2 rings (SSSR count). The van der Waals surface area contributed by atoms with Gasteiger partial charge in [-0.15, -0.1) is 0 Å². The first kappa shape index (κ1) is 16.2. The first-order valence-corrected chi connectivity index (χ1v) is 6.91.